The van der Waals surface area contributed by atoms with Gasteiger partial charge in [-0.1, -0.05) is 61.4 Å². The molecule has 3 rings (SSSR count). The summed E-state index contributed by atoms with van der Waals surface area (Å²) in [5.74, 6) is 0.0864. The van der Waals surface area contributed by atoms with Gasteiger partial charge in [-0.05, 0) is 32.8 Å². The van der Waals surface area contributed by atoms with Crippen LogP contribution in [0.4, 0.5) is 0 Å². The number of aryl methyl sites for hydroxylation is 1. The molecule has 2 aromatic rings. The number of aromatic nitrogens is 2. The lowest BCUT2D eigenvalue weighted by atomic mass is 9.95. The molecule has 1 fully saturated rings. The number of carbonyl (C=O) groups excluding carboxylic acids is 1. The van der Waals surface area contributed by atoms with Crippen LogP contribution in [0.3, 0.4) is 0 Å². The van der Waals surface area contributed by atoms with E-state index in [0.29, 0.717) is 11.2 Å². The molecule has 1 amide bonds. The maximum absolute atomic E-state index is 12.5. The van der Waals surface area contributed by atoms with Crippen LogP contribution in [-0.2, 0) is 4.79 Å². The van der Waals surface area contributed by atoms with Crippen molar-refractivity contribution in [1.29, 1.82) is 0 Å². The van der Waals surface area contributed by atoms with Gasteiger partial charge >= 0.3 is 0 Å². The minimum atomic E-state index is -0.202. The third kappa shape index (κ3) is 5.05. The highest BCUT2D eigenvalue weighted by atomic mass is 32.2. The molecule has 0 aliphatic heterocycles. The molecule has 0 unspecified atom stereocenters. The number of hydrogen-bond acceptors (Lipinski definition) is 4. The molecule has 1 saturated carbocycles. The summed E-state index contributed by atoms with van der Waals surface area (Å²) >= 11 is 1.43. The predicted molar refractivity (Wildman–Crippen MR) is 103 cm³/mol. The number of rotatable bonds is 5. The summed E-state index contributed by atoms with van der Waals surface area (Å²) in [4.78, 5) is 21.6. The number of nitrogens with zero attached hydrogens (tertiary/aromatic N) is 2. The lowest BCUT2D eigenvalue weighted by Gasteiger charge is -2.24. The van der Waals surface area contributed by atoms with E-state index in [4.69, 9.17) is 0 Å². The van der Waals surface area contributed by atoms with E-state index in [9.17, 15) is 4.79 Å². The van der Waals surface area contributed by atoms with Crippen molar-refractivity contribution in [3.8, 4) is 11.3 Å². The number of thioether (sulfide) groups is 1. The number of nitrogens with one attached hydrogen (secondary N) is 1. The highest BCUT2D eigenvalue weighted by Crippen LogP contribution is 2.25. The number of hydrogen-bond donors (Lipinski definition) is 1. The van der Waals surface area contributed by atoms with Crippen molar-refractivity contribution in [3.05, 3.63) is 42.1 Å². The second kappa shape index (κ2) is 8.48. The Morgan fingerprint density at radius 2 is 1.88 bits per heavy atom. The third-order valence-corrected chi connectivity index (χ3v) is 5.47. The van der Waals surface area contributed by atoms with Crippen molar-refractivity contribution in [2.45, 2.75) is 62.4 Å². The van der Waals surface area contributed by atoms with Gasteiger partial charge in [-0.2, -0.15) is 0 Å². The molecule has 1 aliphatic carbocycles. The molecule has 1 heterocycles. The number of amides is 1. The van der Waals surface area contributed by atoms with Crippen LogP contribution in [0.5, 0.6) is 0 Å². The first-order valence-corrected chi connectivity index (χ1v) is 9.88. The summed E-state index contributed by atoms with van der Waals surface area (Å²) in [6, 6.07) is 12.4. The smallest absolute Gasteiger partial charge is 0.233 e. The maximum atomic E-state index is 12.5. The Kier molecular flexibility index (Phi) is 6.08. The first kappa shape index (κ1) is 17.9. The van der Waals surface area contributed by atoms with Crippen molar-refractivity contribution in [2.75, 3.05) is 0 Å². The molecule has 1 atom stereocenters. The zero-order chi connectivity index (χ0) is 17.6. The summed E-state index contributed by atoms with van der Waals surface area (Å²) in [6.45, 7) is 3.89. The largest absolute Gasteiger partial charge is 0.352 e. The van der Waals surface area contributed by atoms with Crippen LogP contribution in [0.25, 0.3) is 11.3 Å². The van der Waals surface area contributed by atoms with Crippen LogP contribution in [0.15, 0.2) is 41.6 Å². The molecule has 0 saturated heterocycles. The molecule has 4 nitrogen and oxygen atoms in total. The standard InChI is InChI=1S/C20H25N3OS/c1-14-13-18(16-9-5-3-6-10-16)23-20(21-14)25-15(2)19(24)22-17-11-7-4-8-12-17/h3,5-6,9-10,13,15,17H,4,7-8,11-12H2,1-2H3,(H,22,24)/t15-/m0/s1. The summed E-state index contributed by atoms with van der Waals surface area (Å²) in [5.41, 5.74) is 2.88. The molecule has 0 spiro atoms. The van der Waals surface area contributed by atoms with E-state index in [1.807, 2.05) is 50.2 Å². The fraction of sp³-hybridized carbons (Fsp3) is 0.450. The second-order valence-corrected chi connectivity index (χ2v) is 7.95. The Labute approximate surface area is 153 Å². The van der Waals surface area contributed by atoms with Gasteiger partial charge in [-0.3, -0.25) is 4.79 Å². The van der Waals surface area contributed by atoms with Crippen LogP contribution >= 0.6 is 11.8 Å². The quantitative estimate of drug-likeness (QED) is 0.639. The Bertz CT molecular complexity index is 714. The van der Waals surface area contributed by atoms with Crippen molar-refractivity contribution in [3.63, 3.8) is 0 Å². The zero-order valence-corrected chi connectivity index (χ0v) is 15.7. The van der Waals surface area contributed by atoms with Crippen LogP contribution in [0.1, 0.15) is 44.7 Å². The molecule has 1 aliphatic rings. The number of carbonyl (C=O) groups is 1. The van der Waals surface area contributed by atoms with E-state index in [0.717, 1.165) is 29.8 Å². The van der Waals surface area contributed by atoms with E-state index >= 15 is 0 Å². The minimum Gasteiger partial charge on any atom is -0.352 e. The van der Waals surface area contributed by atoms with Gasteiger partial charge < -0.3 is 5.32 Å². The van der Waals surface area contributed by atoms with Gasteiger partial charge in [0.25, 0.3) is 0 Å². The van der Waals surface area contributed by atoms with E-state index in [1.54, 1.807) is 0 Å². The summed E-state index contributed by atoms with van der Waals surface area (Å²) in [5, 5.41) is 3.64. The Balaban J connectivity index is 1.67. The molecule has 1 N–H and O–H groups in total. The molecular formula is C20H25N3OS. The molecular weight excluding hydrogens is 330 g/mol. The SMILES string of the molecule is Cc1cc(-c2ccccc2)nc(S[C@@H](C)C(=O)NC2CCCCC2)n1. The maximum Gasteiger partial charge on any atom is 0.233 e. The second-order valence-electron chi connectivity index (χ2n) is 6.65. The predicted octanol–water partition coefficient (Wildman–Crippen LogP) is 4.38. The fourth-order valence-electron chi connectivity index (χ4n) is 3.13. The topological polar surface area (TPSA) is 54.9 Å². The highest BCUT2D eigenvalue weighted by molar-refractivity contribution is 8.00. The Morgan fingerprint density at radius 3 is 2.60 bits per heavy atom. The van der Waals surface area contributed by atoms with E-state index in [-0.39, 0.29) is 11.2 Å². The minimum absolute atomic E-state index is 0.0864. The lowest BCUT2D eigenvalue weighted by Crippen LogP contribution is -2.40. The number of benzene rings is 1. The molecule has 1 aromatic heterocycles. The van der Waals surface area contributed by atoms with Gasteiger partial charge in [0.15, 0.2) is 5.16 Å². The normalized spacial score (nSPS) is 16.4. The monoisotopic (exact) mass is 355 g/mol. The van der Waals surface area contributed by atoms with Crippen molar-refractivity contribution >= 4 is 17.7 Å². The van der Waals surface area contributed by atoms with Gasteiger partial charge in [0.05, 0.1) is 10.9 Å². The Hall–Kier alpha value is -1.88. The van der Waals surface area contributed by atoms with Crippen LogP contribution in [0, 0.1) is 6.92 Å². The van der Waals surface area contributed by atoms with Crippen LogP contribution in [0.2, 0.25) is 0 Å². The molecule has 25 heavy (non-hydrogen) atoms. The average molecular weight is 356 g/mol. The van der Waals surface area contributed by atoms with Crippen molar-refractivity contribution in [2.24, 2.45) is 0 Å². The first-order valence-electron chi connectivity index (χ1n) is 9.00. The van der Waals surface area contributed by atoms with Crippen molar-refractivity contribution in [1.82, 2.24) is 15.3 Å². The fourth-order valence-corrected chi connectivity index (χ4v) is 3.97. The molecule has 132 valence electrons. The summed E-state index contributed by atoms with van der Waals surface area (Å²) < 4.78 is 0. The van der Waals surface area contributed by atoms with Gasteiger partial charge in [-0.15, -0.1) is 0 Å². The lowest BCUT2D eigenvalue weighted by molar-refractivity contribution is -0.121. The first-order chi connectivity index (χ1) is 12.1. The van der Waals surface area contributed by atoms with Gasteiger partial charge in [0.2, 0.25) is 5.91 Å². The highest BCUT2D eigenvalue weighted by Gasteiger charge is 2.21. The van der Waals surface area contributed by atoms with Gasteiger partial charge in [0.1, 0.15) is 0 Å². The van der Waals surface area contributed by atoms with Crippen LogP contribution in [-0.4, -0.2) is 27.2 Å². The summed E-state index contributed by atoms with van der Waals surface area (Å²) in [6.07, 6.45) is 5.92. The van der Waals surface area contributed by atoms with E-state index in [2.05, 4.69) is 15.3 Å². The molecule has 5 heteroatoms. The third-order valence-electron chi connectivity index (χ3n) is 4.51. The van der Waals surface area contributed by atoms with E-state index in [1.165, 1.54) is 31.0 Å². The van der Waals surface area contributed by atoms with Crippen molar-refractivity contribution < 1.29 is 4.79 Å². The molecule has 0 radical (unpaired) electrons. The molecule has 1 aromatic carbocycles. The molecule has 0 bridgehead atoms. The Morgan fingerprint density at radius 1 is 1.16 bits per heavy atom. The zero-order valence-electron chi connectivity index (χ0n) is 14.9. The van der Waals surface area contributed by atoms with E-state index < -0.39 is 0 Å². The average Bonchev–Trinajstić information content (AvgIpc) is 2.63. The van der Waals surface area contributed by atoms with Gasteiger partial charge in [0, 0.05) is 17.3 Å². The van der Waals surface area contributed by atoms with Gasteiger partial charge in [-0.25, -0.2) is 9.97 Å². The summed E-state index contributed by atoms with van der Waals surface area (Å²) in [7, 11) is 0. The van der Waals surface area contributed by atoms with Crippen LogP contribution < -0.4 is 5.32 Å².